The zero-order valence-electron chi connectivity index (χ0n) is 11.5. The summed E-state index contributed by atoms with van der Waals surface area (Å²) in [5.41, 5.74) is 1.60. The Bertz CT molecular complexity index is 749. The van der Waals surface area contributed by atoms with E-state index in [1.165, 1.54) is 12.1 Å². The van der Waals surface area contributed by atoms with E-state index in [1.807, 2.05) is 6.20 Å². The van der Waals surface area contributed by atoms with Gasteiger partial charge in [0.15, 0.2) is 0 Å². The van der Waals surface area contributed by atoms with Gasteiger partial charge in [0, 0.05) is 24.9 Å². The summed E-state index contributed by atoms with van der Waals surface area (Å²) in [5, 5.41) is 0. The first kappa shape index (κ1) is 12.5. The molecule has 4 rings (SSSR count). The van der Waals surface area contributed by atoms with Gasteiger partial charge in [0.1, 0.15) is 17.5 Å². The van der Waals surface area contributed by atoms with E-state index < -0.39 is 0 Å². The molecule has 21 heavy (non-hydrogen) atoms. The van der Waals surface area contributed by atoms with Crippen LogP contribution >= 0.6 is 0 Å². The van der Waals surface area contributed by atoms with Crippen LogP contribution in [0.3, 0.4) is 0 Å². The molecule has 1 aromatic carbocycles. The van der Waals surface area contributed by atoms with Gasteiger partial charge in [0.2, 0.25) is 0 Å². The Morgan fingerprint density at radius 3 is 3.19 bits per heavy atom. The zero-order chi connectivity index (χ0) is 14.2. The Kier molecular flexibility index (Phi) is 2.96. The molecule has 1 saturated heterocycles. The molecule has 1 atom stereocenters. The molecular formula is C15H16FN5. The predicted molar refractivity (Wildman–Crippen MR) is 77.3 cm³/mol. The largest absolute Gasteiger partial charge is 0.348 e. The van der Waals surface area contributed by atoms with Gasteiger partial charge in [0.05, 0.1) is 17.6 Å². The second-order valence-corrected chi connectivity index (χ2v) is 5.54. The molecule has 1 aliphatic heterocycles. The number of H-pyrrole nitrogens is 2. The van der Waals surface area contributed by atoms with Gasteiger partial charge in [-0.1, -0.05) is 0 Å². The van der Waals surface area contributed by atoms with E-state index in [9.17, 15) is 4.39 Å². The second-order valence-electron chi connectivity index (χ2n) is 5.54. The lowest BCUT2D eigenvalue weighted by Crippen LogP contribution is -2.20. The van der Waals surface area contributed by atoms with E-state index in [2.05, 4.69) is 24.8 Å². The average Bonchev–Trinajstić information content (AvgIpc) is 3.18. The van der Waals surface area contributed by atoms with Gasteiger partial charge >= 0.3 is 0 Å². The van der Waals surface area contributed by atoms with Gasteiger partial charge in [-0.05, 0) is 31.2 Å². The molecule has 2 N–H and O–H groups in total. The summed E-state index contributed by atoms with van der Waals surface area (Å²) in [7, 11) is 0. The van der Waals surface area contributed by atoms with Crippen LogP contribution in [0, 0.1) is 5.82 Å². The molecule has 0 radical (unpaired) electrons. The minimum absolute atomic E-state index is 0.233. The molecule has 108 valence electrons. The Morgan fingerprint density at radius 2 is 2.33 bits per heavy atom. The summed E-state index contributed by atoms with van der Waals surface area (Å²) in [6.07, 6.45) is 4.68. The lowest BCUT2D eigenvalue weighted by atomic mass is 10.1. The molecule has 1 aliphatic rings. The van der Waals surface area contributed by atoms with Gasteiger partial charge in [-0.25, -0.2) is 14.4 Å². The third-order valence-corrected chi connectivity index (χ3v) is 4.05. The first-order valence-electron chi connectivity index (χ1n) is 7.14. The van der Waals surface area contributed by atoms with E-state index >= 15 is 0 Å². The minimum Gasteiger partial charge on any atom is -0.348 e. The quantitative estimate of drug-likeness (QED) is 0.777. The number of nitrogens with zero attached hydrogens (tertiary/aromatic N) is 3. The lowest BCUT2D eigenvalue weighted by Gasteiger charge is -2.13. The minimum atomic E-state index is -0.233. The van der Waals surface area contributed by atoms with Crippen molar-refractivity contribution in [2.24, 2.45) is 0 Å². The molecule has 1 unspecified atom stereocenters. The normalized spacial score (nSPS) is 19.6. The summed E-state index contributed by atoms with van der Waals surface area (Å²) in [4.78, 5) is 17.6. The van der Waals surface area contributed by atoms with Crippen molar-refractivity contribution in [3.63, 3.8) is 0 Å². The van der Waals surface area contributed by atoms with Crippen molar-refractivity contribution in [1.29, 1.82) is 0 Å². The van der Waals surface area contributed by atoms with Gasteiger partial charge in [-0.3, -0.25) is 4.90 Å². The molecule has 1 fully saturated rings. The monoisotopic (exact) mass is 285 g/mol. The SMILES string of the molecule is Fc1ccc2nc(C3CCN(Cc4ncc[nH]4)C3)[nH]c2c1. The van der Waals surface area contributed by atoms with E-state index in [1.54, 1.807) is 12.3 Å². The van der Waals surface area contributed by atoms with Gasteiger partial charge in [-0.15, -0.1) is 0 Å². The van der Waals surface area contributed by atoms with Crippen molar-refractivity contribution in [2.45, 2.75) is 18.9 Å². The van der Waals surface area contributed by atoms with Crippen LogP contribution in [0.5, 0.6) is 0 Å². The van der Waals surface area contributed by atoms with Crippen LogP contribution in [-0.2, 0) is 6.54 Å². The number of nitrogens with one attached hydrogen (secondary N) is 2. The molecule has 6 heteroatoms. The van der Waals surface area contributed by atoms with Crippen LogP contribution in [0.15, 0.2) is 30.6 Å². The highest BCUT2D eigenvalue weighted by molar-refractivity contribution is 5.75. The number of likely N-dealkylation sites (tertiary alicyclic amines) is 1. The molecule has 3 heterocycles. The maximum absolute atomic E-state index is 13.2. The van der Waals surface area contributed by atoms with Gasteiger partial charge in [-0.2, -0.15) is 0 Å². The summed E-state index contributed by atoms with van der Waals surface area (Å²) < 4.78 is 13.2. The molecule has 3 aromatic rings. The highest BCUT2D eigenvalue weighted by atomic mass is 19.1. The molecule has 0 saturated carbocycles. The fourth-order valence-electron chi connectivity index (χ4n) is 2.99. The van der Waals surface area contributed by atoms with Crippen molar-refractivity contribution >= 4 is 11.0 Å². The van der Waals surface area contributed by atoms with Gasteiger partial charge in [0.25, 0.3) is 0 Å². The smallest absolute Gasteiger partial charge is 0.125 e. The van der Waals surface area contributed by atoms with E-state index in [0.717, 1.165) is 48.7 Å². The number of halogens is 1. The fourth-order valence-corrected chi connectivity index (χ4v) is 2.99. The van der Waals surface area contributed by atoms with Crippen molar-refractivity contribution < 1.29 is 4.39 Å². The average molecular weight is 285 g/mol. The first-order chi connectivity index (χ1) is 10.3. The van der Waals surface area contributed by atoms with Crippen LogP contribution in [-0.4, -0.2) is 37.9 Å². The van der Waals surface area contributed by atoms with Crippen LogP contribution in [0.4, 0.5) is 4.39 Å². The van der Waals surface area contributed by atoms with Crippen LogP contribution in [0.25, 0.3) is 11.0 Å². The molecule has 2 aromatic heterocycles. The Hall–Kier alpha value is -2.21. The van der Waals surface area contributed by atoms with E-state index in [-0.39, 0.29) is 5.82 Å². The molecule has 0 amide bonds. The number of hydrogen-bond donors (Lipinski definition) is 2. The van der Waals surface area contributed by atoms with E-state index in [0.29, 0.717) is 5.92 Å². The van der Waals surface area contributed by atoms with Crippen molar-refractivity contribution in [2.75, 3.05) is 13.1 Å². The number of fused-ring (bicyclic) bond motifs is 1. The second kappa shape index (κ2) is 4.96. The van der Waals surface area contributed by atoms with Crippen LogP contribution in [0.1, 0.15) is 24.0 Å². The van der Waals surface area contributed by atoms with Crippen LogP contribution < -0.4 is 0 Å². The lowest BCUT2D eigenvalue weighted by molar-refractivity contribution is 0.318. The summed E-state index contributed by atoms with van der Waals surface area (Å²) in [5.74, 6) is 2.08. The number of imidazole rings is 2. The molecule has 0 bridgehead atoms. The van der Waals surface area contributed by atoms with E-state index in [4.69, 9.17) is 0 Å². The molecular weight excluding hydrogens is 269 g/mol. The zero-order valence-corrected chi connectivity index (χ0v) is 11.5. The van der Waals surface area contributed by atoms with Crippen molar-refractivity contribution in [3.8, 4) is 0 Å². The Morgan fingerprint density at radius 1 is 1.38 bits per heavy atom. The Labute approximate surface area is 121 Å². The standard InChI is InChI=1S/C15H16FN5/c16-11-1-2-12-13(7-11)20-15(19-12)10-3-6-21(8-10)9-14-17-4-5-18-14/h1-2,4-5,7,10H,3,6,8-9H2,(H,17,18)(H,19,20). The molecule has 0 spiro atoms. The number of hydrogen-bond acceptors (Lipinski definition) is 3. The van der Waals surface area contributed by atoms with Crippen molar-refractivity contribution in [3.05, 3.63) is 48.1 Å². The summed E-state index contributed by atoms with van der Waals surface area (Å²) in [6, 6.07) is 4.67. The third kappa shape index (κ3) is 2.42. The highest BCUT2D eigenvalue weighted by Crippen LogP contribution is 2.27. The maximum atomic E-state index is 13.2. The number of aromatic amines is 2. The fraction of sp³-hybridized carbons (Fsp3) is 0.333. The predicted octanol–water partition coefficient (Wildman–Crippen LogP) is 2.41. The Balaban J connectivity index is 1.51. The number of aromatic nitrogens is 4. The van der Waals surface area contributed by atoms with Crippen molar-refractivity contribution in [1.82, 2.24) is 24.8 Å². The summed E-state index contributed by atoms with van der Waals surface area (Å²) in [6.45, 7) is 2.80. The van der Waals surface area contributed by atoms with Gasteiger partial charge < -0.3 is 9.97 Å². The number of rotatable bonds is 3. The summed E-state index contributed by atoms with van der Waals surface area (Å²) >= 11 is 0. The highest BCUT2D eigenvalue weighted by Gasteiger charge is 2.26. The number of benzene rings is 1. The maximum Gasteiger partial charge on any atom is 0.125 e. The van der Waals surface area contributed by atoms with Crippen LogP contribution in [0.2, 0.25) is 0 Å². The molecule has 0 aliphatic carbocycles. The first-order valence-corrected chi connectivity index (χ1v) is 7.14. The topological polar surface area (TPSA) is 60.6 Å². The third-order valence-electron chi connectivity index (χ3n) is 4.05. The molecule has 5 nitrogen and oxygen atoms in total.